The maximum absolute atomic E-state index is 2.74. The van der Waals surface area contributed by atoms with Gasteiger partial charge in [-0.25, -0.2) is 0 Å². The van der Waals surface area contributed by atoms with E-state index in [1.807, 2.05) is 0 Å². The van der Waals surface area contributed by atoms with Crippen LogP contribution in [0.5, 0.6) is 0 Å². The van der Waals surface area contributed by atoms with Crippen molar-refractivity contribution in [1.82, 2.24) is 0 Å². The highest BCUT2D eigenvalue weighted by Crippen LogP contribution is 2.66. The summed E-state index contributed by atoms with van der Waals surface area (Å²) in [7, 11) is 0. The first kappa shape index (κ1) is 42.0. The van der Waals surface area contributed by atoms with E-state index in [0.717, 1.165) is 44.9 Å². The third kappa shape index (κ3) is 5.90. The van der Waals surface area contributed by atoms with Crippen molar-refractivity contribution in [2.75, 3.05) is 9.80 Å². The van der Waals surface area contributed by atoms with E-state index in [0.29, 0.717) is 5.92 Å². The lowest BCUT2D eigenvalue weighted by atomic mass is 9.65. The largest absolute Gasteiger partial charge is 0.335 e. The monoisotopic (exact) mass is 926 g/mol. The van der Waals surface area contributed by atoms with Gasteiger partial charge in [-0.2, -0.15) is 0 Å². The van der Waals surface area contributed by atoms with Crippen LogP contribution in [-0.4, -0.2) is 5.54 Å². The van der Waals surface area contributed by atoms with Crippen LogP contribution in [0.1, 0.15) is 108 Å². The number of hydrogen-bond acceptors (Lipinski definition) is 2. The Morgan fingerprint density at radius 1 is 0.528 bits per heavy atom. The number of anilines is 4. The predicted octanol–water partition coefficient (Wildman–Crippen LogP) is 17.3. The first-order valence-corrected chi connectivity index (χ1v) is 26.6. The van der Waals surface area contributed by atoms with Gasteiger partial charge in [-0.15, -0.1) is 0 Å². The number of fused-ring (bicyclic) bond motifs is 15. The summed E-state index contributed by atoms with van der Waals surface area (Å²) in [5, 5.41) is 0. The minimum atomic E-state index is -0.357. The van der Waals surface area contributed by atoms with Crippen LogP contribution in [0, 0.1) is 5.92 Å². The molecule has 0 N–H and O–H groups in total. The summed E-state index contributed by atoms with van der Waals surface area (Å²) < 4.78 is 0. The quantitative estimate of drug-likeness (QED) is 0.162. The Morgan fingerprint density at radius 2 is 1.15 bits per heavy atom. The van der Waals surface area contributed by atoms with Gasteiger partial charge in [0, 0.05) is 45.7 Å². The van der Waals surface area contributed by atoms with Crippen LogP contribution in [0.2, 0.25) is 0 Å². The molecule has 0 radical (unpaired) electrons. The Kier molecular flexibility index (Phi) is 9.14. The van der Waals surface area contributed by atoms with Crippen molar-refractivity contribution in [2.24, 2.45) is 5.92 Å². The molecule has 0 amide bonds. The second kappa shape index (κ2) is 15.7. The van der Waals surface area contributed by atoms with Crippen LogP contribution in [0.15, 0.2) is 218 Å². The first-order valence-electron chi connectivity index (χ1n) is 26.6. The van der Waals surface area contributed by atoms with E-state index in [1.54, 1.807) is 0 Å². The van der Waals surface area contributed by atoms with Crippen molar-refractivity contribution in [2.45, 2.75) is 81.1 Å². The molecule has 72 heavy (non-hydrogen) atoms. The fourth-order valence-electron chi connectivity index (χ4n) is 15.0. The number of rotatable bonds is 4. The van der Waals surface area contributed by atoms with Gasteiger partial charge in [-0.05, 0) is 171 Å². The minimum Gasteiger partial charge on any atom is -0.335 e. The Hall–Kier alpha value is -7.68. The van der Waals surface area contributed by atoms with E-state index in [4.69, 9.17) is 0 Å². The number of hydrogen-bond donors (Lipinski definition) is 0. The van der Waals surface area contributed by atoms with Crippen LogP contribution in [0.3, 0.4) is 0 Å². The maximum atomic E-state index is 2.74. The number of allylic oxidation sites excluding steroid dienone is 10. The van der Waals surface area contributed by atoms with Gasteiger partial charge in [0.15, 0.2) is 0 Å². The molecule has 4 unspecified atom stereocenters. The van der Waals surface area contributed by atoms with Gasteiger partial charge in [0.25, 0.3) is 0 Å². The molecule has 7 aromatic rings. The summed E-state index contributed by atoms with van der Waals surface area (Å²) in [5.41, 5.74) is 26.9. The van der Waals surface area contributed by atoms with Crippen molar-refractivity contribution in [3.8, 4) is 22.3 Å². The molecule has 2 nitrogen and oxygen atoms in total. The second-order valence-electron chi connectivity index (χ2n) is 22.2. The van der Waals surface area contributed by atoms with Crippen LogP contribution < -0.4 is 9.80 Å². The van der Waals surface area contributed by atoms with E-state index in [9.17, 15) is 0 Å². The lowest BCUT2D eigenvalue weighted by molar-refractivity contribution is 0.433. The van der Waals surface area contributed by atoms with Gasteiger partial charge in [-0.3, -0.25) is 0 Å². The molecule has 0 aromatic heterocycles. The number of aryl methyl sites for hydroxylation is 2. The van der Waals surface area contributed by atoms with Crippen LogP contribution >= 0.6 is 0 Å². The van der Waals surface area contributed by atoms with Crippen LogP contribution in [0.25, 0.3) is 34.4 Å². The summed E-state index contributed by atoms with van der Waals surface area (Å²) in [6.07, 6.45) is 36.0. The molecule has 0 saturated carbocycles. The van der Waals surface area contributed by atoms with E-state index >= 15 is 0 Å². The van der Waals surface area contributed by atoms with Crippen molar-refractivity contribution in [3.63, 3.8) is 0 Å². The molecule has 2 heterocycles. The zero-order valence-corrected chi connectivity index (χ0v) is 41.3. The number of para-hydroxylation sites is 2. The molecule has 15 rings (SSSR count). The molecular weight excluding hydrogens is 869 g/mol. The van der Waals surface area contributed by atoms with Crippen LogP contribution in [-0.2, 0) is 23.7 Å². The maximum Gasteiger partial charge on any atom is 0.0671 e. The second-order valence-corrected chi connectivity index (χ2v) is 22.2. The summed E-state index contributed by atoms with van der Waals surface area (Å²) in [6.45, 7) is 4.88. The van der Waals surface area contributed by atoms with Gasteiger partial charge in [0.1, 0.15) is 0 Å². The molecule has 4 atom stereocenters. The Labute approximate surface area is 425 Å². The normalized spacial score (nSPS) is 23.9. The Balaban J connectivity index is 0.816. The van der Waals surface area contributed by atoms with Gasteiger partial charge in [0.2, 0.25) is 0 Å². The molecule has 0 saturated heterocycles. The van der Waals surface area contributed by atoms with E-state index < -0.39 is 0 Å². The van der Waals surface area contributed by atoms with E-state index in [1.165, 1.54) is 112 Å². The molecule has 0 bridgehead atoms. The molecule has 6 aliphatic carbocycles. The molecular formula is C70H58N2. The average Bonchev–Trinajstić information content (AvgIpc) is 3.91. The van der Waals surface area contributed by atoms with Gasteiger partial charge in [0.05, 0.1) is 11.0 Å². The van der Waals surface area contributed by atoms with Crippen LogP contribution in [0.4, 0.5) is 22.7 Å². The predicted molar refractivity (Wildman–Crippen MR) is 300 cm³/mol. The molecule has 348 valence electrons. The highest BCUT2D eigenvalue weighted by Gasteiger charge is 2.57. The molecule has 0 fully saturated rings. The first-order chi connectivity index (χ1) is 35.4. The highest BCUT2D eigenvalue weighted by atomic mass is 15.2. The SMILES string of the molecule is CC1(C)c2cc(/C=C/c3ccc4c(c3)C3(c5cc(N6c7ccccc7CCc7ccccc76)ccc5-4)c4ccccc4C4C=CC=CC43)ccc2-c2ccc(N3C4=C(C=CCC4)CCC34C=CC=CC4)cc21. The Morgan fingerprint density at radius 3 is 1.90 bits per heavy atom. The summed E-state index contributed by atoms with van der Waals surface area (Å²) in [4.78, 5) is 5.28. The lowest BCUT2D eigenvalue weighted by Gasteiger charge is -2.50. The zero-order valence-electron chi connectivity index (χ0n) is 41.3. The summed E-state index contributed by atoms with van der Waals surface area (Å²) in [5.74, 6) is 0.539. The molecule has 8 aliphatic rings. The third-order valence-electron chi connectivity index (χ3n) is 18.3. The standard InChI is InChI=1S/C70H58N2/c1-68(2)61-42-46(28-34-55(61)56-37-33-52(45-62(56)68)72-67-25-13-6-18-50(67)38-41-69(72)39-14-3-15-40-69)26-27-47-29-35-57-58-36-32-51(71-65-23-11-4-16-48(65)30-31-49-17-5-12-24-66(49)71)44-64(58)70(63(57)43-47)59-21-9-7-19-53(59)54-20-8-10-22-60(54)70/h3-12,14-24,26-29,32-37,39,42-45,53,59H,13,25,30-31,38,40-41H2,1-2H3/b27-26+. The summed E-state index contributed by atoms with van der Waals surface area (Å²) in [6, 6.07) is 56.7. The zero-order chi connectivity index (χ0) is 47.8. The Bertz CT molecular complexity index is 3650. The van der Waals surface area contributed by atoms with Crippen molar-refractivity contribution in [1.29, 1.82) is 0 Å². The van der Waals surface area contributed by atoms with Gasteiger partial charge < -0.3 is 9.80 Å². The molecule has 2 aliphatic heterocycles. The van der Waals surface area contributed by atoms with E-state index in [2.05, 4.69) is 242 Å². The lowest BCUT2D eigenvalue weighted by Crippen LogP contribution is -2.50. The fourth-order valence-corrected chi connectivity index (χ4v) is 15.0. The van der Waals surface area contributed by atoms with Crippen molar-refractivity contribution < 1.29 is 0 Å². The van der Waals surface area contributed by atoms with Crippen molar-refractivity contribution in [3.05, 3.63) is 273 Å². The fraction of sp³-hybridized carbons (Fsp3) is 0.200. The van der Waals surface area contributed by atoms with Crippen molar-refractivity contribution >= 4 is 34.9 Å². The highest BCUT2D eigenvalue weighted by molar-refractivity contribution is 5.92. The minimum absolute atomic E-state index is 0.0110. The van der Waals surface area contributed by atoms with Gasteiger partial charge >= 0.3 is 0 Å². The number of benzene rings is 7. The summed E-state index contributed by atoms with van der Waals surface area (Å²) >= 11 is 0. The average molecular weight is 927 g/mol. The number of nitrogens with zero attached hydrogens (tertiary/aromatic N) is 2. The van der Waals surface area contributed by atoms with E-state index in [-0.39, 0.29) is 22.3 Å². The van der Waals surface area contributed by atoms with Gasteiger partial charge in [-0.1, -0.05) is 190 Å². The molecule has 2 spiro atoms. The topological polar surface area (TPSA) is 6.48 Å². The smallest absolute Gasteiger partial charge is 0.0671 e. The third-order valence-corrected chi connectivity index (χ3v) is 18.3. The molecule has 2 heteroatoms. The molecule has 7 aromatic carbocycles.